The van der Waals surface area contributed by atoms with E-state index in [-0.39, 0.29) is 0 Å². The Labute approximate surface area is 188 Å². The number of amides is 2. The van der Waals surface area contributed by atoms with Gasteiger partial charge < -0.3 is 4.74 Å². The Morgan fingerprint density at radius 2 is 1.52 bits per heavy atom. The second-order valence-corrected chi connectivity index (χ2v) is 8.27. The van der Waals surface area contributed by atoms with E-state index in [9.17, 15) is 9.59 Å². The Morgan fingerprint density at radius 1 is 0.871 bits per heavy atom. The molecule has 0 fully saturated rings. The predicted octanol–water partition coefficient (Wildman–Crippen LogP) is 5.45. The van der Waals surface area contributed by atoms with Crippen molar-refractivity contribution in [3.63, 3.8) is 0 Å². The summed E-state index contributed by atoms with van der Waals surface area (Å²) in [5.74, 6) is -0.391. The number of nitrogens with one attached hydrogen (secondary N) is 2. The number of hydrogen-bond donors (Lipinski definition) is 2. The zero-order valence-electron chi connectivity index (χ0n) is 16.6. The minimum absolute atomic E-state index is 0.341. The molecule has 0 spiro atoms. The van der Waals surface area contributed by atoms with Crippen LogP contribution in [0.5, 0.6) is 5.75 Å². The largest absolute Gasteiger partial charge is 0.481 e. The summed E-state index contributed by atoms with van der Waals surface area (Å²) in [5.41, 5.74) is 6.95. The van der Waals surface area contributed by atoms with Gasteiger partial charge in [-0.2, -0.15) is 0 Å². The van der Waals surface area contributed by atoms with Crippen LogP contribution >= 0.6 is 22.9 Å². The van der Waals surface area contributed by atoms with Crippen LogP contribution in [-0.4, -0.2) is 17.9 Å². The monoisotopic (exact) mass is 450 g/mol. The summed E-state index contributed by atoms with van der Waals surface area (Å²) in [6.07, 6.45) is -0.805. The fourth-order valence-corrected chi connectivity index (χ4v) is 4.46. The van der Waals surface area contributed by atoms with Crippen molar-refractivity contribution in [3.05, 3.63) is 88.8 Å². The molecule has 0 radical (unpaired) electrons. The van der Waals surface area contributed by atoms with Crippen molar-refractivity contribution in [2.24, 2.45) is 0 Å². The zero-order chi connectivity index (χ0) is 21.8. The highest BCUT2D eigenvalue weighted by atomic mass is 35.5. The van der Waals surface area contributed by atoms with E-state index in [1.807, 2.05) is 78.9 Å². The molecular formula is C24H19ClN2O3S. The van der Waals surface area contributed by atoms with Gasteiger partial charge in [-0.3, -0.25) is 20.4 Å². The van der Waals surface area contributed by atoms with Crippen molar-refractivity contribution in [1.82, 2.24) is 10.9 Å². The maximum Gasteiger partial charge on any atom is 0.281 e. The fraction of sp³-hybridized carbons (Fsp3) is 0.0833. The number of ether oxygens (including phenoxy) is 1. The quantitative estimate of drug-likeness (QED) is 0.397. The molecular weight excluding hydrogens is 432 g/mol. The molecule has 1 unspecified atom stereocenters. The predicted molar refractivity (Wildman–Crippen MR) is 124 cm³/mol. The van der Waals surface area contributed by atoms with Crippen LogP contribution in [0.3, 0.4) is 0 Å². The van der Waals surface area contributed by atoms with Crippen molar-refractivity contribution in [1.29, 1.82) is 0 Å². The third-order valence-electron chi connectivity index (χ3n) is 4.68. The van der Waals surface area contributed by atoms with Gasteiger partial charge in [-0.25, -0.2) is 0 Å². The minimum atomic E-state index is -0.805. The molecule has 156 valence electrons. The highest BCUT2D eigenvalue weighted by Gasteiger charge is 2.19. The van der Waals surface area contributed by atoms with Crippen LogP contribution < -0.4 is 15.6 Å². The molecule has 3 aromatic carbocycles. The summed E-state index contributed by atoms with van der Waals surface area (Å²) in [7, 11) is 0. The number of carbonyl (C=O) groups excluding carboxylic acids is 2. The van der Waals surface area contributed by atoms with E-state index in [0.29, 0.717) is 15.6 Å². The zero-order valence-corrected chi connectivity index (χ0v) is 18.2. The first-order valence-corrected chi connectivity index (χ1v) is 10.8. The highest BCUT2D eigenvalue weighted by molar-refractivity contribution is 7.21. The third-order valence-corrected chi connectivity index (χ3v) is 6.36. The first-order chi connectivity index (χ1) is 15.0. The molecule has 0 aliphatic carbocycles. The van der Waals surface area contributed by atoms with E-state index in [4.69, 9.17) is 16.3 Å². The first-order valence-electron chi connectivity index (χ1n) is 9.62. The van der Waals surface area contributed by atoms with E-state index in [1.54, 1.807) is 6.92 Å². The number of halogens is 1. The van der Waals surface area contributed by atoms with Crippen LogP contribution in [0.2, 0.25) is 5.02 Å². The van der Waals surface area contributed by atoms with Gasteiger partial charge in [-0.15, -0.1) is 11.3 Å². The normalized spacial score (nSPS) is 11.7. The molecule has 0 saturated heterocycles. The van der Waals surface area contributed by atoms with Crippen LogP contribution in [0.15, 0.2) is 78.9 Å². The van der Waals surface area contributed by atoms with Gasteiger partial charge >= 0.3 is 0 Å². The highest BCUT2D eigenvalue weighted by Crippen LogP contribution is 2.34. The average molecular weight is 451 g/mol. The lowest BCUT2D eigenvalue weighted by Crippen LogP contribution is -2.47. The second-order valence-electron chi connectivity index (χ2n) is 6.84. The molecule has 0 aliphatic rings. The van der Waals surface area contributed by atoms with Crippen molar-refractivity contribution in [2.45, 2.75) is 13.0 Å². The van der Waals surface area contributed by atoms with Crippen LogP contribution in [0, 0.1) is 0 Å². The smallest absolute Gasteiger partial charge is 0.281 e. The molecule has 1 heterocycles. The van der Waals surface area contributed by atoms with Gasteiger partial charge in [0.1, 0.15) is 10.6 Å². The SMILES string of the molecule is CC(Oc1ccc(-c2ccccc2)cc1)C(=O)NNC(=O)c1sc2ccccc2c1Cl. The summed E-state index contributed by atoms with van der Waals surface area (Å²) in [6.45, 7) is 1.61. The Bertz CT molecular complexity index is 1220. The molecule has 0 bridgehead atoms. The number of carbonyl (C=O) groups is 2. The molecule has 2 amide bonds. The van der Waals surface area contributed by atoms with E-state index in [0.717, 1.165) is 21.2 Å². The Kier molecular flexibility index (Phi) is 6.21. The van der Waals surface area contributed by atoms with Crippen molar-refractivity contribution < 1.29 is 14.3 Å². The third kappa shape index (κ3) is 4.71. The number of benzene rings is 3. The molecule has 7 heteroatoms. The molecule has 1 atom stereocenters. The summed E-state index contributed by atoms with van der Waals surface area (Å²) in [4.78, 5) is 25.1. The van der Waals surface area contributed by atoms with Crippen LogP contribution in [-0.2, 0) is 4.79 Å². The van der Waals surface area contributed by atoms with Gasteiger partial charge in [0.05, 0.1) is 5.02 Å². The van der Waals surface area contributed by atoms with E-state index >= 15 is 0 Å². The lowest BCUT2D eigenvalue weighted by atomic mass is 10.1. The van der Waals surface area contributed by atoms with Crippen LogP contribution in [0.1, 0.15) is 16.6 Å². The van der Waals surface area contributed by atoms with E-state index in [1.165, 1.54) is 11.3 Å². The van der Waals surface area contributed by atoms with Gasteiger partial charge in [0, 0.05) is 10.1 Å². The Balaban J connectivity index is 1.34. The Morgan fingerprint density at radius 3 is 2.23 bits per heavy atom. The standard InChI is InChI=1S/C24H19ClN2O3S/c1-15(30-18-13-11-17(12-14-18)16-7-3-2-4-8-16)23(28)26-27-24(29)22-21(25)19-9-5-6-10-20(19)31-22/h2-15H,1H3,(H,26,28)(H,27,29). The van der Waals surface area contributed by atoms with Crippen LogP contribution in [0.25, 0.3) is 21.2 Å². The van der Waals surface area contributed by atoms with Gasteiger partial charge in [-0.05, 0) is 36.2 Å². The molecule has 4 aromatic rings. The van der Waals surface area contributed by atoms with E-state index in [2.05, 4.69) is 10.9 Å². The number of hydrazine groups is 1. The Hall–Kier alpha value is -3.35. The summed E-state index contributed by atoms with van der Waals surface area (Å²) in [5, 5.41) is 1.18. The topological polar surface area (TPSA) is 67.4 Å². The molecule has 0 aliphatic heterocycles. The van der Waals surface area contributed by atoms with Gasteiger partial charge in [0.15, 0.2) is 6.10 Å². The lowest BCUT2D eigenvalue weighted by molar-refractivity contribution is -0.128. The van der Waals surface area contributed by atoms with E-state index < -0.39 is 17.9 Å². The molecule has 0 saturated carbocycles. The van der Waals surface area contributed by atoms with Crippen molar-refractivity contribution in [2.75, 3.05) is 0 Å². The first kappa shape index (κ1) is 20.9. The molecule has 1 aromatic heterocycles. The molecule has 2 N–H and O–H groups in total. The van der Waals surface area contributed by atoms with Gasteiger partial charge in [0.25, 0.3) is 11.8 Å². The van der Waals surface area contributed by atoms with Crippen molar-refractivity contribution >= 4 is 44.8 Å². The number of thiophene rings is 1. The molecule has 4 rings (SSSR count). The molecule has 31 heavy (non-hydrogen) atoms. The minimum Gasteiger partial charge on any atom is -0.481 e. The number of rotatable bonds is 5. The van der Waals surface area contributed by atoms with Gasteiger partial charge in [0.2, 0.25) is 0 Å². The summed E-state index contributed by atoms with van der Waals surface area (Å²) in [6, 6.07) is 24.9. The number of fused-ring (bicyclic) bond motifs is 1. The van der Waals surface area contributed by atoms with Crippen LogP contribution in [0.4, 0.5) is 0 Å². The second kappa shape index (κ2) is 9.20. The maximum absolute atomic E-state index is 12.5. The number of hydrogen-bond acceptors (Lipinski definition) is 4. The average Bonchev–Trinajstić information content (AvgIpc) is 3.15. The maximum atomic E-state index is 12.5. The summed E-state index contributed by atoms with van der Waals surface area (Å²) >= 11 is 7.57. The van der Waals surface area contributed by atoms with Crippen molar-refractivity contribution in [3.8, 4) is 16.9 Å². The fourth-order valence-electron chi connectivity index (χ4n) is 3.05. The molecule has 5 nitrogen and oxygen atoms in total. The lowest BCUT2D eigenvalue weighted by Gasteiger charge is -2.15. The van der Waals surface area contributed by atoms with Gasteiger partial charge in [-0.1, -0.05) is 72.3 Å². The summed E-state index contributed by atoms with van der Waals surface area (Å²) < 4.78 is 6.59.